The molecule has 1 fully saturated rings. The number of nitrogens with zero attached hydrogens (tertiary/aromatic N) is 4. The van der Waals surface area contributed by atoms with Crippen molar-refractivity contribution in [1.82, 2.24) is 19.5 Å². The molecule has 6 rings (SSSR count). The van der Waals surface area contributed by atoms with Gasteiger partial charge in [0.15, 0.2) is 0 Å². The molecule has 2 aromatic heterocycles. The zero-order valence-electron chi connectivity index (χ0n) is 20.9. The number of benzene rings is 2. The van der Waals surface area contributed by atoms with E-state index in [4.69, 9.17) is 4.98 Å². The van der Waals surface area contributed by atoms with Gasteiger partial charge in [-0.2, -0.15) is 13.2 Å². The fourth-order valence-corrected chi connectivity index (χ4v) is 5.54. The number of imidazole rings is 1. The number of nitrogens with one attached hydrogen (secondary N) is 2. The van der Waals surface area contributed by atoms with Crippen molar-refractivity contribution in [2.75, 3.05) is 23.3 Å². The molecule has 0 spiro atoms. The number of hydrogen-bond donors (Lipinski definition) is 2. The molecule has 7 nitrogen and oxygen atoms in total. The van der Waals surface area contributed by atoms with Crippen LogP contribution in [0.2, 0.25) is 0 Å². The number of hydrogen-bond acceptors (Lipinski definition) is 5. The van der Waals surface area contributed by atoms with Gasteiger partial charge in [-0.25, -0.2) is 14.5 Å². The molecule has 0 bridgehead atoms. The maximum absolute atomic E-state index is 13.9. The van der Waals surface area contributed by atoms with Crippen LogP contribution in [0.5, 0.6) is 0 Å². The van der Waals surface area contributed by atoms with Crippen LogP contribution in [0.15, 0.2) is 53.3 Å². The number of aromatic nitrogens is 4. The van der Waals surface area contributed by atoms with Crippen molar-refractivity contribution >= 4 is 22.9 Å². The highest BCUT2D eigenvalue weighted by Crippen LogP contribution is 2.32. The molecule has 38 heavy (non-hydrogen) atoms. The molecule has 2 aliphatic rings. The average molecular weight is 523 g/mol. The largest absolute Gasteiger partial charge is 0.416 e. The van der Waals surface area contributed by atoms with Crippen molar-refractivity contribution in [3.63, 3.8) is 0 Å². The summed E-state index contributed by atoms with van der Waals surface area (Å²) < 4.78 is 41.1. The van der Waals surface area contributed by atoms with Crippen LogP contribution in [0.1, 0.15) is 48.9 Å². The molecule has 2 aromatic carbocycles. The van der Waals surface area contributed by atoms with Gasteiger partial charge in [0.05, 0.1) is 40.1 Å². The normalized spacial score (nSPS) is 16.6. The molecule has 1 saturated carbocycles. The lowest BCUT2D eigenvalue weighted by Gasteiger charge is -2.29. The molecule has 0 amide bonds. The van der Waals surface area contributed by atoms with Gasteiger partial charge in [0.25, 0.3) is 5.56 Å². The second kappa shape index (κ2) is 9.81. The van der Waals surface area contributed by atoms with E-state index in [1.54, 1.807) is 4.57 Å². The summed E-state index contributed by atoms with van der Waals surface area (Å²) in [4.78, 5) is 28.2. The van der Waals surface area contributed by atoms with Crippen LogP contribution in [-0.4, -0.2) is 32.6 Å². The summed E-state index contributed by atoms with van der Waals surface area (Å²) in [5.41, 5.74) is 1.93. The van der Waals surface area contributed by atoms with Crippen LogP contribution in [0.25, 0.3) is 16.7 Å². The minimum atomic E-state index is -4.43. The molecular formula is C28H29F3N6O. The Bertz CT molecular complexity index is 1510. The zero-order valence-corrected chi connectivity index (χ0v) is 20.9. The lowest BCUT2D eigenvalue weighted by atomic mass is 9.89. The van der Waals surface area contributed by atoms with Crippen LogP contribution in [0.4, 0.5) is 25.1 Å². The SMILES string of the molecule is O=c1c2c(nc(NCC3CCCCC3)n1-c1ccccc1)CCN(c1nc3ccc(C(F)(F)F)cc3[nH]1)C2. The summed E-state index contributed by atoms with van der Waals surface area (Å²) >= 11 is 0. The monoisotopic (exact) mass is 522 g/mol. The van der Waals surface area contributed by atoms with Crippen molar-refractivity contribution < 1.29 is 13.2 Å². The second-order valence-electron chi connectivity index (χ2n) is 10.2. The molecule has 198 valence electrons. The third-order valence-corrected chi connectivity index (χ3v) is 7.61. The molecule has 0 radical (unpaired) electrons. The minimum Gasteiger partial charge on any atom is -0.355 e. The smallest absolute Gasteiger partial charge is 0.355 e. The maximum atomic E-state index is 13.9. The van der Waals surface area contributed by atoms with Gasteiger partial charge < -0.3 is 15.2 Å². The number of para-hydroxylation sites is 1. The van der Waals surface area contributed by atoms with E-state index in [2.05, 4.69) is 15.3 Å². The van der Waals surface area contributed by atoms with E-state index in [1.165, 1.54) is 38.2 Å². The second-order valence-corrected chi connectivity index (χ2v) is 10.2. The maximum Gasteiger partial charge on any atom is 0.416 e. The quantitative estimate of drug-likeness (QED) is 0.353. The van der Waals surface area contributed by atoms with Crippen LogP contribution in [0, 0.1) is 5.92 Å². The van der Waals surface area contributed by atoms with Crippen molar-refractivity contribution in [3.05, 3.63) is 75.7 Å². The molecule has 0 unspecified atom stereocenters. The fourth-order valence-electron chi connectivity index (χ4n) is 5.54. The lowest BCUT2D eigenvalue weighted by Crippen LogP contribution is -2.39. The Morgan fingerprint density at radius 1 is 1.03 bits per heavy atom. The first-order valence-corrected chi connectivity index (χ1v) is 13.1. The number of rotatable bonds is 5. The van der Waals surface area contributed by atoms with E-state index in [0.717, 1.165) is 30.1 Å². The van der Waals surface area contributed by atoms with Crippen LogP contribution in [-0.2, 0) is 19.1 Å². The lowest BCUT2D eigenvalue weighted by molar-refractivity contribution is -0.137. The third-order valence-electron chi connectivity index (χ3n) is 7.61. The van der Waals surface area contributed by atoms with Crippen molar-refractivity contribution in [2.24, 2.45) is 5.92 Å². The van der Waals surface area contributed by atoms with Gasteiger partial charge in [0, 0.05) is 19.5 Å². The van der Waals surface area contributed by atoms with Crippen LogP contribution in [0.3, 0.4) is 0 Å². The Balaban J connectivity index is 1.33. The minimum absolute atomic E-state index is 0.146. The first-order chi connectivity index (χ1) is 18.4. The van der Waals surface area contributed by atoms with E-state index in [0.29, 0.717) is 47.4 Å². The van der Waals surface area contributed by atoms with Crippen molar-refractivity contribution in [2.45, 2.75) is 51.2 Å². The Morgan fingerprint density at radius 3 is 2.58 bits per heavy atom. The van der Waals surface area contributed by atoms with Gasteiger partial charge in [-0.15, -0.1) is 0 Å². The van der Waals surface area contributed by atoms with Crippen molar-refractivity contribution in [1.29, 1.82) is 0 Å². The topological polar surface area (TPSA) is 78.8 Å². The Labute approximate surface area is 217 Å². The molecule has 0 saturated heterocycles. The van der Waals surface area contributed by atoms with E-state index in [9.17, 15) is 18.0 Å². The number of H-pyrrole nitrogens is 1. The van der Waals surface area contributed by atoms with Gasteiger partial charge in [-0.05, 0) is 49.1 Å². The van der Waals surface area contributed by atoms with E-state index in [-0.39, 0.29) is 12.1 Å². The number of alkyl halides is 3. The molecule has 2 N–H and O–H groups in total. The number of aromatic amines is 1. The molecule has 10 heteroatoms. The van der Waals surface area contributed by atoms with Crippen LogP contribution < -0.4 is 15.8 Å². The van der Waals surface area contributed by atoms with E-state index in [1.807, 2.05) is 35.2 Å². The molecule has 4 aromatic rings. The zero-order chi connectivity index (χ0) is 26.3. The summed E-state index contributed by atoms with van der Waals surface area (Å²) in [5.74, 6) is 1.57. The molecular weight excluding hydrogens is 493 g/mol. The first kappa shape index (κ1) is 24.5. The van der Waals surface area contributed by atoms with Gasteiger partial charge in [-0.3, -0.25) is 4.79 Å². The van der Waals surface area contributed by atoms with Crippen molar-refractivity contribution in [3.8, 4) is 5.69 Å². The van der Waals surface area contributed by atoms with E-state index >= 15 is 0 Å². The summed E-state index contributed by atoms with van der Waals surface area (Å²) in [5, 5.41) is 3.48. The fraction of sp³-hybridized carbons (Fsp3) is 0.393. The highest BCUT2D eigenvalue weighted by Gasteiger charge is 2.31. The first-order valence-electron chi connectivity index (χ1n) is 13.1. The average Bonchev–Trinajstić information content (AvgIpc) is 3.36. The molecule has 1 aliphatic carbocycles. The standard InChI is InChI=1S/C28H29F3N6O/c29-28(30,31)19-11-12-23-24(15-19)35-27(34-23)36-14-13-22-21(17-36)25(38)37(20-9-5-2-6-10-20)26(33-22)32-16-18-7-3-1-4-8-18/h2,5-6,9-12,15,18H,1,3-4,7-8,13-14,16-17H2,(H,32,33)(H,34,35). The number of anilines is 2. The summed E-state index contributed by atoms with van der Waals surface area (Å²) in [6, 6.07) is 12.9. The molecule has 1 aliphatic heterocycles. The third kappa shape index (κ3) is 4.75. The summed E-state index contributed by atoms with van der Waals surface area (Å²) in [6.07, 6.45) is 2.24. The predicted molar refractivity (Wildman–Crippen MR) is 141 cm³/mol. The van der Waals surface area contributed by atoms with Gasteiger partial charge in [0.1, 0.15) is 0 Å². The number of fused-ring (bicyclic) bond motifs is 2. The summed E-state index contributed by atoms with van der Waals surface area (Å²) in [6.45, 7) is 1.59. The highest BCUT2D eigenvalue weighted by molar-refractivity contribution is 5.78. The van der Waals surface area contributed by atoms with Crippen LogP contribution >= 0.6 is 0 Å². The number of halogens is 3. The highest BCUT2D eigenvalue weighted by atomic mass is 19.4. The Morgan fingerprint density at radius 2 is 1.82 bits per heavy atom. The molecule has 3 heterocycles. The Kier molecular flexibility index (Phi) is 6.33. The van der Waals surface area contributed by atoms with E-state index < -0.39 is 11.7 Å². The van der Waals surface area contributed by atoms with Gasteiger partial charge in [-0.1, -0.05) is 37.5 Å². The van der Waals surface area contributed by atoms with Gasteiger partial charge in [0.2, 0.25) is 11.9 Å². The Hall–Kier alpha value is -3.82. The molecule has 0 atom stereocenters. The predicted octanol–water partition coefficient (Wildman–Crippen LogP) is 5.68. The summed E-state index contributed by atoms with van der Waals surface area (Å²) in [7, 11) is 0. The van der Waals surface area contributed by atoms with Gasteiger partial charge >= 0.3 is 6.18 Å².